The molecule has 2 aromatic rings. The quantitative estimate of drug-likeness (QED) is 0.897. The fourth-order valence-corrected chi connectivity index (χ4v) is 2.65. The van der Waals surface area contributed by atoms with Crippen LogP contribution in [0.15, 0.2) is 16.7 Å². The molecule has 1 aliphatic rings. The Morgan fingerprint density at radius 2 is 2.12 bits per heavy atom. The Hall–Kier alpha value is -2.77. The van der Waals surface area contributed by atoms with Crippen LogP contribution < -0.4 is 10.6 Å². The number of rotatable bonds is 3. The van der Waals surface area contributed by atoms with Crippen molar-refractivity contribution >= 4 is 17.5 Å². The average molecular weight is 332 g/mol. The van der Waals surface area contributed by atoms with E-state index >= 15 is 0 Å². The summed E-state index contributed by atoms with van der Waals surface area (Å²) in [5, 5.41) is 9.19. The zero-order valence-corrected chi connectivity index (χ0v) is 13.6. The highest BCUT2D eigenvalue weighted by atomic mass is 19.1. The summed E-state index contributed by atoms with van der Waals surface area (Å²) < 4.78 is 19.5. The van der Waals surface area contributed by atoms with Crippen LogP contribution in [-0.4, -0.2) is 22.0 Å². The van der Waals surface area contributed by atoms with Crippen LogP contribution in [0.4, 0.5) is 10.1 Å². The van der Waals surface area contributed by atoms with Crippen molar-refractivity contribution in [1.29, 1.82) is 0 Å². The Morgan fingerprint density at radius 1 is 1.38 bits per heavy atom. The van der Waals surface area contributed by atoms with Crippen LogP contribution in [0.5, 0.6) is 0 Å². The van der Waals surface area contributed by atoms with Gasteiger partial charge in [-0.25, -0.2) is 4.39 Å². The summed E-state index contributed by atoms with van der Waals surface area (Å²) in [7, 11) is 0. The Bertz CT molecular complexity index is 829. The SMILES string of the molecule is CC(=O)NC(C)(C)c1noc(-c2cc3c(cc2F)NC(=O)CC3)n1. The van der Waals surface area contributed by atoms with Gasteiger partial charge in [-0.05, 0) is 38.0 Å². The van der Waals surface area contributed by atoms with Gasteiger partial charge in [-0.3, -0.25) is 9.59 Å². The Kier molecular flexibility index (Phi) is 3.82. The van der Waals surface area contributed by atoms with Crippen molar-refractivity contribution in [1.82, 2.24) is 15.5 Å². The number of benzene rings is 1. The molecule has 3 rings (SSSR count). The molecule has 0 bridgehead atoms. The van der Waals surface area contributed by atoms with E-state index in [0.29, 0.717) is 18.5 Å². The van der Waals surface area contributed by atoms with Crippen molar-refractivity contribution < 1.29 is 18.5 Å². The first-order chi connectivity index (χ1) is 11.3. The number of aromatic nitrogens is 2. The highest BCUT2D eigenvalue weighted by Gasteiger charge is 2.29. The van der Waals surface area contributed by atoms with Crippen LogP contribution in [-0.2, 0) is 21.5 Å². The highest BCUT2D eigenvalue weighted by Crippen LogP contribution is 2.31. The van der Waals surface area contributed by atoms with Gasteiger partial charge in [-0.2, -0.15) is 4.98 Å². The van der Waals surface area contributed by atoms with Crippen LogP contribution in [0.2, 0.25) is 0 Å². The molecule has 8 heteroatoms. The number of nitrogens with one attached hydrogen (secondary N) is 2. The zero-order valence-electron chi connectivity index (χ0n) is 13.6. The standard InChI is InChI=1S/C16H17FN4O3/c1-8(22)20-16(2,3)15-19-14(24-21-15)10-6-9-4-5-13(23)18-12(9)7-11(10)17/h6-7H,4-5H2,1-3H3,(H,18,23)(H,20,22). The van der Waals surface area contributed by atoms with Gasteiger partial charge in [0.05, 0.1) is 11.1 Å². The summed E-state index contributed by atoms with van der Waals surface area (Å²) in [5.74, 6) is -0.656. The van der Waals surface area contributed by atoms with Gasteiger partial charge < -0.3 is 15.2 Å². The van der Waals surface area contributed by atoms with E-state index in [1.165, 1.54) is 13.0 Å². The van der Waals surface area contributed by atoms with Crippen molar-refractivity contribution in [3.63, 3.8) is 0 Å². The van der Waals surface area contributed by atoms with E-state index in [0.717, 1.165) is 5.56 Å². The summed E-state index contributed by atoms with van der Waals surface area (Å²) >= 11 is 0. The lowest BCUT2D eigenvalue weighted by Crippen LogP contribution is -2.40. The molecule has 0 saturated heterocycles. The van der Waals surface area contributed by atoms with Gasteiger partial charge in [0.15, 0.2) is 5.82 Å². The minimum Gasteiger partial charge on any atom is -0.344 e. The van der Waals surface area contributed by atoms with E-state index in [9.17, 15) is 14.0 Å². The molecule has 2 heterocycles. The summed E-state index contributed by atoms with van der Waals surface area (Å²) in [6.07, 6.45) is 0.871. The summed E-state index contributed by atoms with van der Waals surface area (Å²) in [4.78, 5) is 26.9. The maximum Gasteiger partial charge on any atom is 0.260 e. The molecular formula is C16H17FN4O3. The first kappa shape index (κ1) is 16.1. The lowest BCUT2D eigenvalue weighted by atomic mass is 10.00. The van der Waals surface area contributed by atoms with E-state index in [-0.39, 0.29) is 29.1 Å². The number of hydrogen-bond acceptors (Lipinski definition) is 5. The minimum absolute atomic E-state index is 0.0284. The monoisotopic (exact) mass is 332 g/mol. The highest BCUT2D eigenvalue weighted by molar-refractivity contribution is 5.94. The molecule has 7 nitrogen and oxygen atoms in total. The first-order valence-electron chi connectivity index (χ1n) is 7.52. The summed E-state index contributed by atoms with van der Waals surface area (Å²) in [6, 6.07) is 2.86. The Labute approximate surface area is 137 Å². The smallest absolute Gasteiger partial charge is 0.260 e. The number of carbonyl (C=O) groups is 2. The van der Waals surface area contributed by atoms with Gasteiger partial charge in [-0.1, -0.05) is 5.16 Å². The number of aryl methyl sites for hydroxylation is 1. The van der Waals surface area contributed by atoms with Gasteiger partial charge >= 0.3 is 0 Å². The summed E-state index contributed by atoms with van der Waals surface area (Å²) in [5.41, 5.74) is 0.603. The third kappa shape index (κ3) is 2.99. The molecular weight excluding hydrogens is 315 g/mol. The molecule has 2 N–H and O–H groups in total. The predicted octanol–water partition coefficient (Wildman–Crippen LogP) is 2.13. The van der Waals surface area contributed by atoms with E-state index in [1.54, 1.807) is 19.9 Å². The number of anilines is 1. The van der Waals surface area contributed by atoms with Crippen LogP contribution in [0.25, 0.3) is 11.5 Å². The predicted molar refractivity (Wildman–Crippen MR) is 83.5 cm³/mol. The topological polar surface area (TPSA) is 97.1 Å². The second kappa shape index (κ2) is 5.70. The molecule has 0 atom stereocenters. The molecule has 2 amide bonds. The molecule has 0 fully saturated rings. The van der Waals surface area contributed by atoms with E-state index in [2.05, 4.69) is 20.8 Å². The third-order valence-electron chi connectivity index (χ3n) is 3.79. The van der Waals surface area contributed by atoms with Gasteiger partial charge in [0.25, 0.3) is 5.89 Å². The average Bonchev–Trinajstić information content (AvgIpc) is 2.95. The van der Waals surface area contributed by atoms with E-state index < -0.39 is 11.4 Å². The number of amides is 2. The second-order valence-electron chi connectivity index (χ2n) is 6.27. The zero-order chi connectivity index (χ0) is 17.5. The molecule has 24 heavy (non-hydrogen) atoms. The van der Waals surface area contributed by atoms with Crippen LogP contribution in [0, 0.1) is 5.82 Å². The lowest BCUT2D eigenvalue weighted by Gasteiger charge is -2.20. The van der Waals surface area contributed by atoms with Gasteiger partial charge in [-0.15, -0.1) is 0 Å². The molecule has 0 unspecified atom stereocenters. The van der Waals surface area contributed by atoms with Crippen LogP contribution in [0.3, 0.4) is 0 Å². The van der Waals surface area contributed by atoms with Crippen LogP contribution >= 0.6 is 0 Å². The van der Waals surface area contributed by atoms with E-state index in [1.807, 2.05) is 0 Å². The Morgan fingerprint density at radius 3 is 2.83 bits per heavy atom. The minimum atomic E-state index is -0.841. The number of halogens is 1. The summed E-state index contributed by atoms with van der Waals surface area (Å²) in [6.45, 7) is 4.84. The molecule has 126 valence electrons. The molecule has 0 radical (unpaired) electrons. The van der Waals surface area contributed by atoms with Crippen molar-refractivity contribution in [3.8, 4) is 11.5 Å². The number of carbonyl (C=O) groups excluding carboxylic acids is 2. The van der Waals surface area contributed by atoms with Crippen molar-refractivity contribution in [2.45, 2.75) is 39.2 Å². The largest absolute Gasteiger partial charge is 0.344 e. The van der Waals surface area contributed by atoms with Gasteiger partial charge in [0, 0.05) is 19.0 Å². The molecule has 0 aliphatic carbocycles. The molecule has 1 aromatic carbocycles. The molecule has 0 saturated carbocycles. The maximum absolute atomic E-state index is 14.4. The number of hydrogen-bond donors (Lipinski definition) is 2. The number of fused-ring (bicyclic) bond motifs is 1. The normalized spacial score (nSPS) is 14.1. The van der Waals surface area contributed by atoms with E-state index in [4.69, 9.17) is 4.52 Å². The fraction of sp³-hybridized carbons (Fsp3) is 0.375. The van der Waals surface area contributed by atoms with Crippen molar-refractivity contribution in [2.75, 3.05) is 5.32 Å². The second-order valence-corrected chi connectivity index (χ2v) is 6.27. The van der Waals surface area contributed by atoms with Crippen molar-refractivity contribution in [3.05, 3.63) is 29.3 Å². The maximum atomic E-state index is 14.4. The van der Waals surface area contributed by atoms with Gasteiger partial charge in [0.2, 0.25) is 11.8 Å². The lowest BCUT2D eigenvalue weighted by molar-refractivity contribution is -0.120. The fourth-order valence-electron chi connectivity index (χ4n) is 2.65. The third-order valence-corrected chi connectivity index (χ3v) is 3.79. The van der Waals surface area contributed by atoms with Gasteiger partial charge in [0.1, 0.15) is 5.82 Å². The first-order valence-corrected chi connectivity index (χ1v) is 7.52. The molecule has 0 spiro atoms. The number of nitrogens with zero attached hydrogens (tertiary/aromatic N) is 2. The molecule has 1 aromatic heterocycles. The van der Waals surface area contributed by atoms with Crippen LogP contribution in [0.1, 0.15) is 38.6 Å². The Balaban J connectivity index is 1.96. The van der Waals surface area contributed by atoms with Crippen molar-refractivity contribution in [2.24, 2.45) is 0 Å². The molecule has 1 aliphatic heterocycles.